The number of esters is 1. The quantitative estimate of drug-likeness (QED) is 0.534. The summed E-state index contributed by atoms with van der Waals surface area (Å²) in [6, 6.07) is 8.02. The fourth-order valence-corrected chi connectivity index (χ4v) is 2.04. The number of pyridine rings is 1. The van der Waals surface area contributed by atoms with Crippen LogP contribution in [0.25, 0.3) is 22.0 Å². The Morgan fingerprint density at radius 2 is 1.95 bits per heavy atom. The maximum atomic E-state index is 12.3. The number of carbonyl (C=O) groups is 1. The van der Waals surface area contributed by atoms with Crippen molar-refractivity contribution in [1.82, 2.24) is 4.98 Å². The Kier molecular flexibility index (Phi) is 2.64. The molecule has 0 radical (unpaired) electrons. The summed E-state index contributed by atoms with van der Waals surface area (Å²) in [5.41, 5.74) is -0.885. The zero-order valence-corrected chi connectivity index (χ0v) is 10.4. The zero-order chi connectivity index (χ0) is 14.3. The number of benzene rings is 1. The van der Waals surface area contributed by atoms with Crippen molar-refractivity contribution in [3.63, 3.8) is 0 Å². The molecule has 0 spiro atoms. The predicted octanol–water partition coefficient (Wildman–Crippen LogP) is 1.42. The van der Waals surface area contributed by atoms with Crippen molar-refractivity contribution in [2.24, 2.45) is 0 Å². The van der Waals surface area contributed by atoms with Gasteiger partial charge in [-0.1, -0.05) is 12.1 Å². The van der Waals surface area contributed by atoms with Crippen molar-refractivity contribution in [2.75, 3.05) is 7.11 Å². The molecule has 1 aromatic carbocycles. The average molecular weight is 271 g/mol. The maximum Gasteiger partial charge on any atom is 0.352 e. The molecule has 1 N–H and O–H groups in total. The van der Waals surface area contributed by atoms with Crippen LogP contribution in [0.2, 0.25) is 0 Å². The minimum absolute atomic E-state index is 0.0337. The van der Waals surface area contributed by atoms with Crippen LogP contribution in [-0.2, 0) is 4.74 Å². The van der Waals surface area contributed by atoms with E-state index in [1.54, 1.807) is 24.3 Å². The average Bonchev–Trinajstić information content (AvgIpc) is 2.46. The number of aromatic amines is 1. The molecule has 6 heteroatoms. The minimum atomic E-state index is -0.852. The molecule has 0 aliphatic carbocycles. The third kappa shape index (κ3) is 1.70. The smallest absolute Gasteiger partial charge is 0.352 e. The number of H-pyrrole nitrogens is 1. The van der Waals surface area contributed by atoms with E-state index < -0.39 is 11.6 Å². The van der Waals surface area contributed by atoms with Crippen LogP contribution in [0.15, 0.2) is 44.3 Å². The number of ether oxygens (including phenoxy) is 1. The lowest BCUT2D eigenvalue weighted by molar-refractivity contribution is 0.0596. The van der Waals surface area contributed by atoms with Gasteiger partial charge in [0.2, 0.25) is 11.1 Å². The Hall–Kier alpha value is -2.89. The van der Waals surface area contributed by atoms with Crippen LogP contribution in [0.1, 0.15) is 10.4 Å². The van der Waals surface area contributed by atoms with Crippen molar-refractivity contribution in [2.45, 2.75) is 0 Å². The van der Waals surface area contributed by atoms with Gasteiger partial charge in [0.05, 0.1) is 18.0 Å². The highest BCUT2D eigenvalue weighted by Crippen LogP contribution is 2.14. The summed E-state index contributed by atoms with van der Waals surface area (Å²) in [5, 5.41) is 0.577. The van der Waals surface area contributed by atoms with E-state index in [4.69, 9.17) is 4.42 Å². The monoisotopic (exact) mass is 271 g/mol. The molecule has 0 aliphatic heterocycles. The summed E-state index contributed by atoms with van der Waals surface area (Å²) in [5.74, 6) is -0.840. The maximum absolute atomic E-state index is 12.3. The highest BCUT2D eigenvalue weighted by Gasteiger charge is 2.16. The molecule has 0 atom stereocenters. The third-order valence-corrected chi connectivity index (χ3v) is 3.02. The Bertz CT molecular complexity index is 951. The normalized spacial score (nSPS) is 10.8. The highest BCUT2D eigenvalue weighted by atomic mass is 16.5. The number of fused-ring (bicyclic) bond motifs is 2. The molecule has 0 aliphatic rings. The van der Waals surface area contributed by atoms with Crippen molar-refractivity contribution in [3.8, 4) is 0 Å². The largest absolute Gasteiger partial charge is 0.465 e. The lowest BCUT2D eigenvalue weighted by Crippen LogP contribution is -2.17. The van der Waals surface area contributed by atoms with Gasteiger partial charge < -0.3 is 14.1 Å². The first-order valence-corrected chi connectivity index (χ1v) is 5.79. The lowest BCUT2D eigenvalue weighted by Gasteiger charge is -2.02. The van der Waals surface area contributed by atoms with Crippen LogP contribution in [0, 0.1) is 0 Å². The third-order valence-electron chi connectivity index (χ3n) is 3.02. The molecule has 100 valence electrons. The summed E-state index contributed by atoms with van der Waals surface area (Å²) in [4.78, 5) is 38.3. The van der Waals surface area contributed by atoms with Crippen molar-refractivity contribution in [1.29, 1.82) is 0 Å². The predicted molar refractivity (Wildman–Crippen MR) is 72.0 cm³/mol. The van der Waals surface area contributed by atoms with Gasteiger partial charge in [0.15, 0.2) is 0 Å². The van der Waals surface area contributed by atoms with Gasteiger partial charge in [0, 0.05) is 5.39 Å². The first-order valence-electron chi connectivity index (χ1n) is 5.79. The molecule has 0 saturated heterocycles. The standard InChI is InChI=1S/C14H9NO5/c1-19-13(17)9-6-8-11(16)7-4-2-3-5-10(7)15-12(8)20-14(9)18/h2-6H,1H3,(H,15,16). The van der Waals surface area contributed by atoms with E-state index in [9.17, 15) is 14.4 Å². The van der Waals surface area contributed by atoms with Gasteiger partial charge in [-0.05, 0) is 18.2 Å². The SMILES string of the molecule is COC(=O)c1cc2c(=O)c3ccccc3[nH]c2oc1=O. The number of carbonyl (C=O) groups excluding carboxylic acids is 1. The second-order valence-corrected chi connectivity index (χ2v) is 4.18. The van der Waals surface area contributed by atoms with E-state index >= 15 is 0 Å². The summed E-state index contributed by atoms with van der Waals surface area (Å²) in [6.45, 7) is 0. The molecule has 0 amide bonds. The van der Waals surface area contributed by atoms with Crippen LogP contribution in [0.5, 0.6) is 0 Å². The van der Waals surface area contributed by atoms with Crippen LogP contribution < -0.4 is 11.1 Å². The number of methoxy groups -OCH3 is 1. The molecule has 3 rings (SSSR count). The van der Waals surface area contributed by atoms with Gasteiger partial charge in [0.25, 0.3) is 0 Å². The number of hydrogen-bond acceptors (Lipinski definition) is 5. The number of aromatic nitrogens is 1. The van der Waals surface area contributed by atoms with Gasteiger partial charge >= 0.3 is 11.6 Å². The molecular formula is C14H9NO5. The molecular weight excluding hydrogens is 262 g/mol. The summed E-state index contributed by atoms with van der Waals surface area (Å²) in [7, 11) is 1.15. The van der Waals surface area contributed by atoms with E-state index in [1.807, 2.05) is 0 Å². The number of hydrogen-bond donors (Lipinski definition) is 1. The van der Waals surface area contributed by atoms with Crippen LogP contribution in [0.3, 0.4) is 0 Å². The van der Waals surface area contributed by atoms with E-state index in [1.165, 1.54) is 6.07 Å². The van der Waals surface area contributed by atoms with Crippen molar-refractivity contribution in [3.05, 3.63) is 56.5 Å². The lowest BCUT2D eigenvalue weighted by atomic mass is 10.1. The van der Waals surface area contributed by atoms with Gasteiger partial charge in [-0.25, -0.2) is 9.59 Å². The molecule has 20 heavy (non-hydrogen) atoms. The minimum Gasteiger partial charge on any atom is -0.465 e. The Labute approximate surface area is 111 Å². The highest BCUT2D eigenvalue weighted by molar-refractivity contribution is 5.95. The molecule has 0 unspecified atom stereocenters. The summed E-state index contributed by atoms with van der Waals surface area (Å²) in [6.07, 6.45) is 0. The molecule has 2 heterocycles. The Morgan fingerprint density at radius 1 is 1.20 bits per heavy atom. The second kappa shape index (κ2) is 4.34. The van der Waals surface area contributed by atoms with Gasteiger partial charge in [0.1, 0.15) is 5.56 Å². The van der Waals surface area contributed by atoms with Crippen molar-refractivity contribution < 1.29 is 13.9 Å². The first-order chi connectivity index (χ1) is 9.61. The van der Waals surface area contributed by atoms with E-state index in [2.05, 4.69) is 9.72 Å². The van der Waals surface area contributed by atoms with Crippen LogP contribution >= 0.6 is 0 Å². The van der Waals surface area contributed by atoms with E-state index in [0.717, 1.165) is 7.11 Å². The number of nitrogens with one attached hydrogen (secondary N) is 1. The topological polar surface area (TPSA) is 89.4 Å². The van der Waals surface area contributed by atoms with Crippen LogP contribution in [0.4, 0.5) is 0 Å². The molecule has 3 aromatic rings. The fourth-order valence-electron chi connectivity index (χ4n) is 2.04. The second-order valence-electron chi connectivity index (χ2n) is 4.18. The number of rotatable bonds is 1. The molecule has 0 bridgehead atoms. The number of para-hydroxylation sites is 1. The molecule has 2 aromatic heterocycles. The van der Waals surface area contributed by atoms with E-state index in [-0.39, 0.29) is 22.1 Å². The van der Waals surface area contributed by atoms with Gasteiger partial charge in [-0.2, -0.15) is 0 Å². The van der Waals surface area contributed by atoms with Gasteiger partial charge in [-0.15, -0.1) is 0 Å². The summed E-state index contributed by atoms with van der Waals surface area (Å²) >= 11 is 0. The molecule has 6 nitrogen and oxygen atoms in total. The van der Waals surface area contributed by atoms with Crippen molar-refractivity contribution >= 4 is 28.0 Å². The summed E-state index contributed by atoms with van der Waals surface area (Å²) < 4.78 is 9.47. The van der Waals surface area contributed by atoms with E-state index in [0.29, 0.717) is 10.9 Å². The first kappa shape index (κ1) is 12.2. The zero-order valence-electron chi connectivity index (χ0n) is 10.4. The fraction of sp³-hybridized carbons (Fsp3) is 0.0714. The van der Waals surface area contributed by atoms with Crippen LogP contribution in [-0.4, -0.2) is 18.1 Å². The Morgan fingerprint density at radius 3 is 2.70 bits per heavy atom. The molecule has 0 saturated carbocycles. The molecule has 0 fully saturated rings. The van der Waals surface area contributed by atoms with Gasteiger partial charge in [-0.3, -0.25) is 4.79 Å². The Balaban J connectivity index is 2.48.